The van der Waals surface area contributed by atoms with E-state index in [0.717, 1.165) is 11.3 Å². The van der Waals surface area contributed by atoms with Gasteiger partial charge in [-0.2, -0.15) is 5.10 Å². The van der Waals surface area contributed by atoms with Crippen LogP contribution >= 0.6 is 0 Å². The number of aromatic amines is 1. The minimum atomic E-state index is -0.413. The van der Waals surface area contributed by atoms with Crippen LogP contribution in [0.2, 0.25) is 0 Å². The van der Waals surface area contributed by atoms with Gasteiger partial charge in [0.1, 0.15) is 23.9 Å². The Morgan fingerprint density at radius 3 is 2.52 bits per heavy atom. The zero-order valence-corrected chi connectivity index (χ0v) is 14.8. The highest BCUT2D eigenvalue weighted by Crippen LogP contribution is 2.27. The third-order valence-electron chi connectivity index (χ3n) is 4.02. The number of hydrogen-bond acceptors (Lipinski definition) is 4. The highest BCUT2D eigenvalue weighted by molar-refractivity contribution is 5.95. The molecule has 3 rings (SSSR count). The van der Waals surface area contributed by atoms with Gasteiger partial charge in [0.15, 0.2) is 5.82 Å². The van der Waals surface area contributed by atoms with Gasteiger partial charge in [0.2, 0.25) is 0 Å². The van der Waals surface area contributed by atoms with E-state index < -0.39 is 6.04 Å². The predicted octanol–water partition coefficient (Wildman–Crippen LogP) is 3.52. The highest BCUT2D eigenvalue weighted by Gasteiger charge is 2.26. The topological polar surface area (TPSA) is 83.8 Å². The van der Waals surface area contributed by atoms with Crippen molar-refractivity contribution in [3.8, 4) is 0 Å². The van der Waals surface area contributed by atoms with E-state index in [0.29, 0.717) is 17.1 Å². The minimum Gasteiger partial charge on any atom is -0.465 e. The largest absolute Gasteiger partial charge is 0.465 e. The molecule has 2 heterocycles. The fraction of sp³-hybridized carbons (Fsp3) is 0.316. The van der Waals surface area contributed by atoms with Crippen LogP contribution in [0, 0.1) is 6.92 Å². The molecule has 130 valence electrons. The second kappa shape index (κ2) is 6.55. The lowest BCUT2D eigenvalue weighted by molar-refractivity contribution is 0.0940. The Morgan fingerprint density at radius 2 is 1.96 bits per heavy atom. The van der Waals surface area contributed by atoms with Crippen LogP contribution in [-0.2, 0) is 5.41 Å². The van der Waals surface area contributed by atoms with Gasteiger partial charge in [-0.1, -0.05) is 51.1 Å². The molecular weight excluding hydrogens is 316 g/mol. The van der Waals surface area contributed by atoms with Crippen LogP contribution in [-0.4, -0.2) is 21.1 Å². The lowest BCUT2D eigenvalue weighted by Crippen LogP contribution is -2.30. The summed E-state index contributed by atoms with van der Waals surface area (Å²) in [6.45, 7) is 7.95. The van der Waals surface area contributed by atoms with Crippen molar-refractivity contribution < 1.29 is 9.21 Å². The number of rotatable bonds is 4. The van der Waals surface area contributed by atoms with Crippen LogP contribution in [0.1, 0.15) is 60.1 Å². The van der Waals surface area contributed by atoms with Gasteiger partial charge < -0.3 is 9.73 Å². The van der Waals surface area contributed by atoms with Crippen molar-refractivity contribution in [1.29, 1.82) is 0 Å². The normalized spacial score (nSPS) is 12.8. The van der Waals surface area contributed by atoms with Crippen molar-refractivity contribution in [3.05, 3.63) is 71.2 Å². The number of carbonyl (C=O) groups is 1. The van der Waals surface area contributed by atoms with Crippen LogP contribution in [0.25, 0.3) is 0 Å². The molecule has 0 radical (unpaired) electrons. The number of furan rings is 1. The van der Waals surface area contributed by atoms with Crippen molar-refractivity contribution in [3.63, 3.8) is 0 Å². The molecule has 0 saturated carbocycles. The van der Waals surface area contributed by atoms with Gasteiger partial charge in [-0.05, 0) is 18.6 Å². The summed E-state index contributed by atoms with van der Waals surface area (Å²) in [4.78, 5) is 17.1. The first-order valence-corrected chi connectivity index (χ1v) is 8.18. The van der Waals surface area contributed by atoms with Crippen LogP contribution in [0.3, 0.4) is 0 Å². The molecule has 0 aliphatic carbocycles. The molecule has 0 spiro atoms. The summed E-state index contributed by atoms with van der Waals surface area (Å²) < 4.78 is 5.78. The van der Waals surface area contributed by atoms with Crippen molar-refractivity contribution in [2.24, 2.45) is 0 Å². The average Bonchev–Trinajstić information content (AvgIpc) is 3.22. The van der Waals surface area contributed by atoms with Crippen molar-refractivity contribution in [2.75, 3.05) is 0 Å². The zero-order chi connectivity index (χ0) is 18.0. The van der Waals surface area contributed by atoms with Crippen LogP contribution < -0.4 is 5.32 Å². The first-order valence-electron chi connectivity index (χ1n) is 8.18. The molecule has 0 aliphatic rings. The second-order valence-electron chi connectivity index (χ2n) is 7.02. The third kappa shape index (κ3) is 3.63. The maximum absolute atomic E-state index is 12.9. The Hall–Kier alpha value is -2.89. The van der Waals surface area contributed by atoms with Crippen LogP contribution in [0.15, 0.2) is 47.1 Å². The van der Waals surface area contributed by atoms with Crippen LogP contribution in [0.4, 0.5) is 0 Å². The van der Waals surface area contributed by atoms with Crippen LogP contribution in [0.5, 0.6) is 0 Å². The molecule has 0 bridgehead atoms. The van der Waals surface area contributed by atoms with Gasteiger partial charge in [0, 0.05) is 5.41 Å². The van der Waals surface area contributed by atoms with E-state index in [1.54, 1.807) is 6.92 Å². The van der Waals surface area contributed by atoms with E-state index in [2.05, 4.69) is 20.5 Å². The predicted molar refractivity (Wildman–Crippen MR) is 94.3 cm³/mol. The Kier molecular flexibility index (Phi) is 4.44. The van der Waals surface area contributed by atoms with E-state index in [9.17, 15) is 4.79 Å². The first-order chi connectivity index (χ1) is 11.9. The van der Waals surface area contributed by atoms with E-state index in [4.69, 9.17) is 4.42 Å². The Labute approximate surface area is 146 Å². The monoisotopic (exact) mass is 338 g/mol. The molecule has 1 atom stereocenters. The number of benzene rings is 1. The Bertz CT molecular complexity index is 845. The van der Waals surface area contributed by atoms with Gasteiger partial charge >= 0.3 is 0 Å². The fourth-order valence-corrected chi connectivity index (χ4v) is 2.60. The standard InChI is InChI=1S/C19H22N4O2/c1-12-14(10-15(25-12)19(2,3)4)18(24)22-16(17-20-11-21-23-17)13-8-6-5-7-9-13/h5-11,16H,1-4H3,(H,22,24)(H,20,21,23). The molecule has 0 saturated heterocycles. The molecule has 3 aromatic rings. The van der Waals surface area contributed by atoms with Gasteiger partial charge in [0.05, 0.1) is 5.56 Å². The summed E-state index contributed by atoms with van der Waals surface area (Å²) >= 11 is 0. The molecule has 25 heavy (non-hydrogen) atoms. The minimum absolute atomic E-state index is 0.160. The number of carbonyl (C=O) groups excluding carboxylic acids is 1. The first kappa shape index (κ1) is 17.0. The summed E-state index contributed by atoms with van der Waals surface area (Å²) in [5.41, 5.74) is 1.29. The molecule has 1 amide bonds. The number of amides is 1. The number of H-pyrrole nitrogens is 1. The van der Waals surface area contributed by atoms with E-state index in [-0.39, 0.29) is 11.3 Å². The lowest BCUT2D eigenvalue weighted by atomic mass is 9.93. The summed E-state index contributed by atoms with van der Waals surface area (Å²) in [5, 5.41) is 9.76. The quantitative estimate of drug-likeness (QED) is 0.762. The summed E-state index contributed by atoms with van der Waals surface area (Å²) in [6, 6.07) is 11.1. The van der Waals surface area contributed by atoms with E-state index in [1.807, 2.05) is 57.2 Å². The van der Waals surface area contributed by atoms with Crippen molar-refractivity contribution in [1.82, 2.24) is 20.5 Å². The van der Waals surface area contributed by atoms with E-state index in [1.165, 1.54) is 6.33 Å². The maximum Gasteiger partial charge on any atom is 0.255 e. The third-order valence-corrected chi connectivity index (χ3v) is 4.02. The second-order valence-corrected chi connectivity index (χ2v) is 7.02. The van der Waals surface area contributed by atoms with Gasteiger partial charge in [-0.25, -0.2) is 4.98 Å². The number of aryl methyl sites for hydroxylation is 1. The van der Waals surface area contributed by atoms with Crippen molar-refractivity contribution >= 4 is 5.91 Å². The Morgan fingerprint density at radius 1 is 1.24 bits per heavy atom. The van der Waals surface area contributed by atoms with Gasteiger partial charge in [-0.3, -0.25) is 9.89 Å². The number of aromatic nitrogens is 3. The fourth-order valence-electron chi connectivity index (χ4n) is 2.60. The molecular formula is C19H22N4O2. The lowest BCUT2D eigenvalue weighted by Gasteiger charge is -2.16. The Balaban J connectivity index is 1.90. The van der Waals surface area contributed by atoms with Gasteiger partial charge in [-0.15, -0.1) is 0 Å². The molecule has 0 fully saturated rings. The van der Waals surface area contributed by atoms with E-state index >= 15 is 0 Å². The average molecular weight is 338 g/mol. The molecule has 6 heteroatoms. The summed E-state index contributed by atoms with van der Waals surface area (Å²) in [6.07, 6.45) is 1.43. The number of hydrogen-bond donors (Lipinski definition) is 2. The molecule has 1 aromatic carbocycles. The van der Waals surface area contributed by atoms with Gasteiger partial charge in [0.25, 0.3) is 5.91 Å². The molecule has 1 unspecified atom stereocenters. The molecule has 2 aromatic heterocycles. The zero-order valence-electron chi connectivity index (χ0n) is 14.8. The molecule has 2 N–H and O–H groups in total. The maximum atomic E-state index is 12.9. The summed E-state index contributed by atoms with van der Waals surface area (Å²) in [7, 11) is 0. The summed E-state index contributed by atoms with van der Waals surface area (Å²) in [5.74, 6) is 1.76. The molecule has 0 aliphatic heterocycles. The molecule has 6 nitrogen and oxygen atoms in total. The highest BCUT2D eigenvalue weighted by atomic mass is 16.3. The van der Waals surface area contributed by atoms with Crippen molar-refractivity contribution in [2.45, 2.75) is 39.2 Å². The number of nitrogens with one attached hydrogen (secondary N) is 2. The SMILES string of the molecule is Cc1oc(C(C)(C)C)cc1C(=O)NC(c1ccccc1)c1ncn[nH]1. The smallest absolute Gasteiger partial charge is 0.255 e. The number of nitrogens with zero attached hydrogens (tertiary/aromatic N) is 2.